The van der Waals surface area contributed by atoms with Gasteiger partial charge in [-0.3, -0.25) is 10.1 Å². The molecule has 2 N–H and O–H groups in total. The number of pyridine rings is 1. The van der Waals surface area contributed by atoms with Crippen LogP contribution in [0.2, 0.25) is 0 Å². The number of rotatable bonds is 6. The average molecular weight is 292 g/mol. The van der Waals surface area contributed by atoms with Gasteiger partial charge in [-0.15, -0.1) is 0 Å². The van der Waals surface area contributed by atoms with Crippen molar-refractivity contribution in [2.24, 2.45) is 5.92 Å². The first-order chi connectivity index (χ1) is 10.1. The number of hydrogen-bond acceptors (Lipinski definition) is 5. The van der Waals surface area contributed by atoms with Crippen LogP contribution in [0.15, 0.2) is 12.1 Å². The molecule has 2 atom stereocenters. The first-order valence-corrected chi connectivity index (χ1v) is 7.77. The molecule has 0 spiro atoms. The molecule has 0 bridgehead atoms. The predicted molar refractivity (Wildman–Crippen MR) is 84.7 cm³/mol. The number of nitrogens with zero attached hydrogens (tertiary/aromatic N) is 2. The Morgan fingerprint density at radius 1 is 1.38 bits per heavy atom. The molecule has 1 aromatic heterocycles. The van der Waals surface area contributed by atoms with Crippen LogP contribution in [0, 0.1) is 16.0 Å². The SMILES string of the molecule is CCCNc1ccc([N+](=O)[O-])c(NC2CCCCC2C)n1. The van der Waals surface area contributed by atoms with Crippen molar-refractivity contribution >= 4 is 17.3 Å². The van der Waals surface area contributed by atoms with Crippen LogP contribution < -0.4 is 10.6 Å². The van der Waals surface area contributed by atoms with Gasteiger partial charge in [0.05, 0.1) is 4.92 Å². The Bertz CT molecular complexity index is 493. The zero-order valence-electron chi connectivity index (χ0n) is 12.8. The molecule has 6 heteroatoms. The fourth-order valence-electron chi connectivity index (χ4n) is 2.76. The van der Waals surface area contributed by atoms with E-state index in [2.05, 4.69) is 29.5 Å². The fraction of sp³-hybridized carbons (Fsp3) is 0.667. The van der Waals surface area contributed by atoms with Gasteiger partial charge in [-0.25, -0.2) is 4.98 Å². The largest absolute Gasteiger partial charge is 0.370 e. The van der Waals surface area contributed by atoms with Crippen LogP contribution >= 0.6 is 0 Å². The van der Waals surface area contributed by atoms with Gasteiger partial charge < -0.3 is 10.6 Å². The second-order valence-corrected chi connectivity index (χ2v) is 5.76. The smallest absolute Gasteiger partial charge is 0.311 e. The first-order valence-electron chi connectivity index (χ1n) is 7.77. The van der Waals surface area contributed by atoms with Crippen LogP contribution in [0.5, 0.6) is 0 Å². The maximum atomic E-state index is 11.2. The summed E-state index contributed by atoms with van der Waals surface area (Å²) in [6.07, 6.45) is 5.61. The highest BCUT2D eigenvalue weighted by atomic mass is 16.6. The summed E-state index contributed by atoms with van der Waals surface area (Å²) < 4.78 is 0. The molecule has 0 radical (unpaired) electrons. The summed E-state index contributed by atoms with van der Waals surface area (Å²) in [7, 11) is 0. The monoisotopic (exact) mass is 292 g/mol. The Hall–Kier alpha value is -1.85. The van der Waals surface area contributed by atoms with Crippen LogP contribution in [-0.2, 0) is 0 Å². The van der Waals surface area contributed by atoms with Crippen LogP contribution in [0.25, 0.3) is 0 Å². The molecule has 1 aliphatic rings. The molecule has 2 rings (SSSR count). The molecule has 0 amide bonds. The van der Waals surface area contributed by atoms with E-state index in [9.17, 15) is 10.1 Å². The molecule has 2 unspecified atom stereocenters. The summed E-state index contributed by atoms with van der Waals surface area (Å²) in [5.74, 6) is 1.60. The molecule has 0 aromatic carbocycles. The number of anilines is 2. The second-order valence-electron chi connectivity index (χ2n) is 5.76. The van der Waals surface area contributed by atoms with E-state index in [1.165, 1.54) is 25.3 Å². The highest BCUT2D eigenvalue weighted by Crippen LogP contribution is 2.30. The summed E-state index contributed by atoms with van der Waals surface area (Å²) in [5, 5.41) is 17.7. The second kappa shape index (κ2) is 7.24. The minimum Gasteiger partial charge on any atom is -0.370 e. The van der Waals surface area contributed by atoms with Crippen molar-refractivity contribution in [2.75, 3.05) is 17.2 Å². The number of nitrogens with one attached hydrogen (secondary N) is 2. The lowest BCUT2D eigenvalue weighted by molar-refractivity contribution is -0.384. The van der Waals surface area contributed by atoms with Crippen molar-refractivity contribution in [1.82, 2.24) is 4.98 Å². The summed E-state index contributed by atoms with van der Waals surface area (Å²) >= 11 is 0. The molecule has 21 heavy (non-hydrogen) atoms. The lowest BCUT2D eigenvalue weighted by atomic mass is 9.86. The van der Waals surface area contributed by atoms with E-state index in [-0.39, 0.29) is 16.7 Å². The van der Waals surface area contributed by atoms with Crippen molar-refractivity contribution < 1.29 is 4.92 Å². The third kappa shape index (κ3) is 4.06. The van der Waals surface area contributed by atoms with E-state index in [0.29, 0.717) is 17.6 Å². The van der Waals surface area contributed by atoms with E-state index < -0.39 is 0 Å². The standard InChI is InChI=1S/C15H24N4O2/c1-3-10-16-14-9-8-13(19(20)21)15(18-14)17-12-7-5-4-6-11(12)2/h8-9,11-12H,3-7,10H2,1-2H3,(H2,16,17,18). The maximum Gasteiger partial charge on any atom is 0.311 e. The highest BCUT2D eigenvalue weighted by Gasteiger charge is 2.25. The molecule has 0 aliphatic heterocycles. The summed E-state index contributed by atoms with van der Waals surface area (Å²) in [4.78, 5) is 15.2. The topological polar surface area (TPSA) is 80.1 Å². The number of nitro groups is 1. The lowest BCUT2D eigenvalue weighted by Crippen LogP contribution is -2.31. The van der Waals surface area contributed by atoms with Crippen molar-refractivity contribution in [3.8, 4) is 0 Å². The molecular weight excluding hydrogens is 268 g/mol. The zero-order valence-corrected chi connectivity index (χ0v) is 12.8. The van der Waals surface area contributed by atoms with Gasteiger partial charge in [0.2, 0.25) is 5.82 Å². The molecule has 1 heterocycles. The van der Waals surface area contributed by atoms with Crippen molar-refractivity contribution in [3.05, 3.63) is 22.2 Å². The molecule has 1 fully saturated rings. The molecular formula is C15H24N4O2. The Morgan fingerprint density at radius 2 is 2.14 bits per heavy atom. The maximum absolute atomic E-state index is 11.2. The Kier molecular flexibility index (Phi) is 5.36. The summed E-state index contributed by atoms with van der Waals surface area (Å²) in [6.45, 7) is 5.08. The van der Waals surface area contributed by atoms with Gasteiger partial charge in [-0.2, -0.15) is 0 Å². The molecule has 1 saturated carbocycles. The van der Waals surface area contributed by atoms with Gasteiger partial charge in [0.1, 0.15) is 5.82 Å². The first kappa shape index (κ1) is 15.5. The Labute approximate surface area is 125 Å². The van der Waals surface area contributed by atoms with Gasteiger partial charge in [0, 0.05) is 18.7 Å². The molecule has 6 nitrogen and oxygen atoms in total. The van der Waals surface area contributed by atoms with E-state index in [0.717, 1.165) is 19.4 Å². The lowest BCUT2D eigenvalue weighted by Gasteiger charge is -2.29. The van der Waals surface area contributed by atoms with Crippen molar-refractivity contribution in [3.63, 3.8) is 0 Å². The summed E-state index contributed by atoms with van der Waals surface area (Å²) in [5.41, 5.74) is 0.0508. The molecule has 0 saturated heterocycles. The van der Waals surface area contributed by atoms with E-state index in [1.54, 1.807) is 6.07 Å². The highest BCUT2D eigenvalue weighted by molar-refractivity contribution is 5.60. The van der Waals surface area contributed by atoms with Crippen molar-refractivity contribution in [2.45, 2.75) is 52.0 Å². The minimum atomic E-state index is -0.369. The third-order valence-corrected chi connectivity index (χ3v) is 4.06. The summed E-state index contributed by atoms with van der Waals surface area (Å²) in [6, 6.07) is 3.47. The van der Waals surface area contributed by atoms with Crippen LogP contribution in [0.1, 0.15) is 46.0 Å². The Morgan fingerprint density at radius 3 is 2.81 bits per heavy atom. The van der Waals surface area contributed by atoms with Crippen LogP contribution in [-0.4, -0.2) is 22.5 Å². The molecule has 1 aromatic rings. The minimum absolute atomic E-state index is 0.0508. The Balaban J connectivity index is 2.19. The van der Waals surface area contributed by atoms with E-state index >= 15 is 0 Å². The van der Waals surface area contributed by atoms with E-state index in [1.807, 2.05) is 0 Å². The van der Waals surface area contributed by atoms with Crippen LogP contribution in [0.4, 0.5) is 17.3 Å². The van der Waals surface area contributed by atoms with E-state index in [4.69, 9.17) is 0 Å². The third-order valence-electron chi connectivity index (χ3n) is 4.06. The predicted octanol–water partition coefficient (Wildman–Crippen LogP) is 3.80. The van der Waals surface area contributed by atoms with Crippen LogP contribution in [0.3, 0.4) is 0 Å². The fourth-order valence-corrected chi connectivity index (χ4v) is 2.76. The number of hydrogen-bond donors (Lipinski definition) is 2. The normalized spacial score (nSPS) is 21.8. The van der Waals surface area contributed by atoms with Gasteiger partial charge in [-0.05, 0) is 31.2 Å². The zero-order chi connectivity index (χ0) is 15.2. The average Bonchev–Trinajstić information content (AvgIpc) is 2.47. The number of aromatic nitrogens is 1. The molecule has 1 aliphatic carbocycles. The van der Waals surface area contributed by atoms with Crippen molar-refractivity contribution in [1.29, 1.82) is 0 Å². The van der Waals surface area contributed by atoms with Gasteiger partial charge >= 0.3 is 5.69 Å². The van der Waals surface area contributed by atoms with Gasteiger partial charge in [-0.1, -0.05) is 26.7 Å². The quantitative estimate of drug-likeness (QED) is 0.615. The van der Waals surface area contributed by atoms with Gasteiger partial charge in [0.25, 0.3) is 0 Å². The van der Waals surface area contributed by atoms with Gasteiger partial charge in [0.15, 0.2) is 0 Å². The molecule has 116 valence electrons.